The minimum Gasteiger partial charge on any atom is -0.484 e. The molecule has 0 heterocycles. The Morgan fingerprint density at radius 3 is 2.55 bits per heavy atom. The Labute approximate surface area is 124 Å². The molecule has 0 aliphatic rings. The fraction of sp³-hybridized carbons (Fsp3) is 0.133. The van der Waals surface area contributed by atoms with Crippen molar-refractivity contribution < 1.29 is 13.9 Å². The van der Waals surface area contributed by atoms with E-state index in [1.165, 1.54) is 24.3 Å². The number of benzene rings is 2. The van der Waals surface area contributed by atoms with Gasteiger partial charge in [-0.25, -0.2) is 4.39 Å². The van der Waals surface area contributed by atoms with E-state index in [2.05, 4.69) is 21.2 Å². The van der Waals surface area contributed by atoms with Gasteiger partial charge in [-0.1, -0.05) is 34.1 Å². The van der Waals surface area contributed by atoms with Crippen LogP contribution in [0.4, 0.5) is 4.39 Å². The third-order valence-electron chi connectivity index (χ3n) is 2.62. The molecular weight excluding hydrogens is 325 g/mol. The predicted octanol–water partition coefficient (Wildman–Crippen LogP) is 3.28. The molecule has 2 aromatic rings. The van der Waals surface area contributed by atoms with Crippen LogP contribution in [0.3, 0.4) is 0 Å². The summed E-state index contributed by atoms with van der Waals surface area (Å²) in [6.07, 6.45) is 0. The maximum absolute atomic E-state index is 12.7. The van der Waals surface area contributed by atoms with Crippen LogP contribution in [0.5, 0.6) is 5.75 Å². The minimum atomic E-state index is -0.337. The molecular formula is C15H13BrFNO2. The predicted molar refractivity (Wildman–Crippen MR) is 77.9 cm³/mol. The van der Waals surface area contributed by atoms with E-state index < -0.39 is 0 Å². The Bertz CT molecular complexity index is 587. The molecule has 20 heavy (non-hydrogen) atoms. The van der Waals surface area contributed by atoms with Crippen LogP contribution >= 0.6 is 15.9 Å². The maximum Gasteiger partial charge on any atom is 0.258 e. The summed E-state index contributed by atoms with van der Waals surface area (Å²) in [7, 11) is 0. The number of hydrogen-bond acceptors (Lipinski definition) is 2. The van der Waals surface area contributed by atoms with Gasteiger partial charge in [0.2, 0.25) is 0 Å². The lowest BCUT2D eigenvalue weighted by atomic mass is 10.2. The Hall–Kier alpha value is -1.88. The van der Waals surface area contributed by atoms with Gasteiger partial charge in [0.05, 0.1) is 0 Å². The molecule has 0 radical (unpaired) electrons. The first kappa shape index (κ1) is 14.5. The standard InChI is InChI=1S/C15H13BrFNO2/c16-14-4-2-1-3-11(14)9-18-15(19)10-20-13-7-5-12(17)6-8-13/h1-8H,9-10H2,(H,18,19). The highest BCUT2D eigenvalue weighted by atomic mass is 79.9. The molecule has 0 saturated carbocycles. The van der Waals surface area contributed by atoms with Gasteiger partial charge in [-0.15, -0.1) is 0 Å². The Morgan fingerprint density at radius 2 is 1.85 bits per heavy atom. The van der Waals surface area contributed by atoms with Gasteiger partial charge in [-0.3, -0.25) is 4.79 Å². The van der Waals surface area contributed by atoms with Crippen LogP contribution in [0.2, 0.25) is 0 Å². The minimum absolute atomic E-state index is 0.101. The smallest absolute Gasteiger partial charge is 0.258 e. The average molecular weight is 338 g/mol. The van der Waals surface area contributed by atoms with Gasteiger partial charge >= 0.3 is 0 Å². The lowest BCUT2D eigenvalue weighted by Crippen LogP contribution is -2.28. The van der Waals surface area contributed by atoms with Gasteiger partial charge in [-0.2, -0.15) is 0 Å². The lowest BCUT2D eigenvalue weighted by Gasteiger charge is -2.08. The summed E-state index contributed by atoms with van der Waals surface area (Å²) < 4.78 is 18.9. The summed E-state index contributed by atoms with van der Waals surface area (Å²) in [5.74, 6) is -0.108. The zero-order valence-electron chi connectivity index (χ0n) is 10.6. The van der Waals surface area contributed by atoms with Crippen LogP contribution in [0.25, 0.3) is 0 Å². The van der Waals surface area contributed by atoms with Crippen molar-refractivity contribution in [1.29, 1.82) is 0 Å². The molecule has 0 aliphatic heterocycles. The van der Waals surface area contributed by atoms with Crippen molar-refractivity contribution in [2.24, 2.45) is 0 Å². The molecule has 1 amide bonds. The molecule has 0 bridgehead atoms. The quantitative estimate of drug-likeness (QED) is 0.909. The number of hydrogen-bond donors (Lipinski definition) is 1. The van der Waals surface area contributed by atoms with Crippen molar-refractivity contribution >= 4 is 21.8 Å². The second kappa shape index (κ2) is 7.05. The number of ether oxygens (including phenoxy) is 1. The van der Waals surface area contributed by atoms with Crippen LogP contribution in [0, 0.1) is 5.82 Å². The number of halogens is 2. The summed E-state index contributed by atoms with van der Waals surface area (Å²) in [5.41, 5.74) is 0.989. The third kappa shape index (κ3) is 4.35. The van der Waals surface area contributed by atoms with E-state index in [4.69, 9.17) is 4.74 Å². The molecule has 3 nitrogen and oxygen atoms in total. The molecule has 0 fully saturated rings. The van der Waals surface area contributed by atoms with Gasteiger partial charge in [0, 0.05) is 11.0 Å². The van der Waals surface area contributed by atoms with Gasteiger partial charge in [0.1, 0.15) is 11.6 Å². The highest BCUT2D eigenvalue weighted by molar-refractivity contribution is 9.10. The van der Waals surface area contributed by atoms with Crippen molar-refractivity contribution in [2.45, 2.75) is 6.54 Å². The Kier molecular flexibility index (Phi) is 5.12. The van der Waals surface area contributed by atoms with Crippen LogP contribution in [-0.2, 0) is 11.3 Å². The molecule has 0 atom stereocenters. The summed E-state index contributed by atoms with van der Waals surface area (Å²) >= 11 is 3.41. The summed E-state index contributed by atoms with van der Waals surface area (Å²) in [6, 6.07) is 13.2. The van der Waals surface area contributed by atoms with E-state index in [1.54, 1.807) is 0 Å². The van der Waals surface area contributed by atoms with Crippen LogP contribution in [0.15, 0.2) is 53.0 Å². The van der Waals surface area contributed by atoms with Gasteiger partial charge < -0.3 is 10.1 Å². The fourth-order valence-corrected chi connectivity index (χ4v) is 1.99. The zero-order valence-corrected chi connectivity index (χ0v) is 12.2. The monoisotopic (exact) mass is 337 g/mol. The number of nitrogens with one attached hydrogen (secondary N) is 1. The van der Waals surface area contributed by atoms with E-state index >= 15 is 0 Å². The first-order valence-corrected chi connectivity index (χ1v) is 6.83. The second-order valence-corrected chi connectivity index (χ2v) is 4.97. The van der Waals surface area contributed by atoms with Gasteiger partial charge in [0.15, 0.2) is 6.61 Å². The molecule has 0 aliphatic carbocycles. The van der Waals surface area contributed by atoms with E-state index in [-0.39, 0.29) is 18.3 Å². The molecule has 2 rings (SSSR count). The first-order valence-electron chi connectivity index (χ1n) is 6.03. The highest BCUT2D eigenvalue weighted by Crippen LogP contribution is 2.15. The highest BCUT2D eigenvalue weighted by Gasteiger charge is 2.04. The molecule has 0 aromatic heterocycles. The first-order chi connectivity index (χ1) is 9.65. The molecule has 0 spiro atoms. The summed E-state index contributed by atoms with van der Waals surface area (Å²) in [6.45, 7) is 0.323. The van der Waals surface area contributed by atoms with Gasteiger partial charge in [-0.05, 0) is 35.9 Å². The average Bonchev–Trinajstić information content (AvgIpc) is 2.46. The summed E-state index contributed by atoms with van der Waals surface area (Å²) in [5, 5.41) is 2.75. The van der Waals surface area contributed by atoms with Crippen molar-refractivity contribution in [3.63, 3.8) is 0 Å². The number of rotatable bonds is 5. The van der Waals surface area contributed by atoms with E-state index in [0.29, 0.717) is 12.3 Å². The molecule has 0 saturated heterocycles. The fourth-order valence-electron chi connectivity index (χ4n) is 1.57. The number of carbonyl (C=O) groups excluding carboxylic acids is 1. The summed E-state index contributed by atoms with van der Waals surface area (Å²) in [4.78, 5) is 11.6. The molecule has 5 heteroatoms. The van der Waals surface area contributed by atoms with Crippen molar-refractivity contribution in [3.05, 3.63) is 64.4 Å². The Balaban J connectivity index is 1.78. The maximum atomic E-state index is 12.7. The van der Waals surface area contributed by atoms with Crippen molar-refractivity contribution in [2.75, 3.05) is 6.61 Å². The largest absolute Gasteiger partial charge is 0.484 e. The SMILES string of the molecule is O=C(COc1ccc(F)cc1)NCc1ccccc1Br. The number of carbonyl (C=O) groups is 1. The topological polar surface area (TPSA) is 38.3 Å². The van der Waals surface area contributed by atoms with Crippen LogP contribution in [-0.4, -0.2) is 12.5 Å². The van der Waals surface area contributed by atoms with Crippen molar-refractivity contribution in [1.82, 2.24) is 5.32 Å². The van der Waals surface area contributed by atoms with Crippen LogP contribution < -0.4 is 10.1 Å². The molecule has 104 valence electrons. The molecule has 1 N–H and O–H groups in total. The van der Waals surface area contributed by atoms with E-state index in [0.717, 1.165) is 10.0 Å². The molecule has 0 unspecified atom stereocenters. The lowest BCUT2D eigenvalue weighted by molar-refractivity contribution is -0.123. The number of amides is 1. The van der Waals surface area contributed by atoms with E-state index in [1.807, 2.05) is 24.3 Å². The zero-order chi connectivity index (χ0) is 14.4. The van der Waals surface area contributed by atoms with Crippen molar-refractivity contribution in [3.8, 4) is 5.75 Å². The normalized spacial score (nSPS) is 10.1. The second-order valence-electron chi connectivity index (χ2n) is 4.11. The Morgan fingerprint density at radius 1 is 1.15 bits per heavy atom. The van der Waals surface area contributed by atoms with E-state index in [9.17, 15) is 9.18 Å². The van der Waals surface area contributed by atoms with Crippen LogP contribution in [0.1, 0.15) is 5.56 Å². The van der Waals surface area contributed by atoms with Gasteiger partial charge in [0.25, 0.3) is 5.91 Å². The molecule has 2 aromatic carbocycles. The third-order valence-corrected chi connectivity index (χ3v) is 3.39.